The molecular formula is C21H17BrO5. The second-order valence-corrected chi connectivity index (χ2v) is 6.59. The molecule has 0 saturated carbocycles. The van der Waals surface area contributed by atoms with E-state index in [1.165, 1.54) is 12.1 Å². The number of carbonyl (C=O) groups excluding carboxylic acids is 1. The van der Waals surface area contributed by atoms with Gasteiger partial charge < -0.3 is 13.9 Å². The Labute approximate surface area is 164 Å². The molecule has 0 aliphatic rings. The maximum absolute atomic E-state index is 12.5. The number of rotatable bonds is 6. The smallest absolute Gasteiger partial charge is 0.347 e. The van der Waals surface area contributed by atoms with Crippen LogP contribution in [0.4, 0.5) is 0 Å². The minimum atomic E-state index is -0.663. The molecule has 5 nitrogen and oxygen atoms in total. The lowest BCUT2D eigenvalue weighted by atomic mass is 10.1. The van der Waals surface area contributed by atoms with E-state index in [9.17, 15) is 9.59 Å². The molecular weight excluding hydrogens is 412 g/mol. The van der Waals surface area contributed by atoms with E-state index < -0.39 is 11.4 Å². The quantitative estimate of drug-likeness (QED) is 0.318. The summed E-state index contributed by atoms with van der Waals surface area (Å²) in [6.45, 7) is 2.41. The Bertz CT molecular complexity index is 1080. The lowest BCUT2D eigenvalue weighted by Gasteiger charge is -2.09. The van der Waals surface area contributed by atoms with Gasteiger partial charge in [-0.15, -0.1) is 0 Å². The van der Waals surface area contributed by atoms with E-state index >= 15 is 0 Å². The van der Waals surface area contributed by atoms with Crippen molar-refractivity contribution < 1.29 is 18.7 Å². The van der Waals surface area contributed by atoms with Gasteiger partial charge in [0.15, 0.2) is 17.3 Å². The number of hydrogen-bond acceptors (Lipinski definition) is 5. The number of allylic oxidation sites excluding steroid dienone is 1. The van der Waals surface area contributed by atoms with Crippen LogP contribution in [0.3, 0.4) is 0 Å². The highest BCUT2D eigenvalue weighted by molar-refractivity contribution is 9.10. The molecule has 0 aliphatic carbocycles. The minimum Gasteiger partial charge on any atom is -0.493 e. The molecule has 6 heteroatoms. The summed E-state index contributed by atoms with van der Waals surface area (Å²) in [6, 6.07) is 12.1. The lowest BCUT2D eigenvalue weighted by molar-refractivity contribution is 0.104. The highest BCUT2D eigenvalue weighted by Crippen LogP contribution is 2.28. The minimum absolute atomic E-state index is 0.0187. The Hall–Kier alpha value is -2.86. The standard InChI is InChI=1S/C21H17BrO5/c1-3-26-19-8-5-13(10-20(19)25-2)4-7-17(23)16-12-14-11-15(22)6-9-18(14)27-21(16)24/h4-12H,3H2,1-2H3. The van der Waals surface area contributed by atoms with Crippen molar-refractivity contribution in [1.29, 1.82) is 0 Å². The van der Waals surface area contributed by atoms with Crippen LogP contribution in [0.25, 0.3) is 17.0 Å². The average molecular weight is 429 g/mol. The molecule has 1 aromatic heterocycles. The summed E-state index contributed by atoms with van der Waals surface area (Å²) in [6.07, 6.45) is 2.95. The van der Waals surface area contributed by atoms with Crippen molar-refractivity contribution in [3.05, 3.63) is 74.6 Å². The summed E-state index contributed by atoms with van der Waals surface area (Å²) in [4.78, 5) is 24.6. The number of benzene rings is 2. The van der Waals surface area contributed by atoms with Crippen molar-refractivity contribution in [2.45, 2.75) is 6.92 Å². The van der Waals surface area contributed by atoms with Crippen LogP contribution in [0.1, 0.15) is 22.8 Å². The van der Waals surface area contributed by atoms with Gasteiger partial charge in [-0.3, -0.25) is 4.79 Å². The Kier molecular flexibility index (Phi) is 5.76. The van der Waals surface area contributed by atoms with E-state index in [1.807, 2.05) is 6.92 Å². The molecule has 0 radical (unpaired) electrons. The van der Waals surface area contributed by atoms with Crippen molar-refractivity contribution in [3.8, 4) is 11.5 Å². The Morgan fingerprint density at radius 2 is 1.96 bits per heavy atom. The number of methoxy groups -OCH3 is 1. The highest BCUT2D eigenvalue weighted by Gasteiger charge is 2.12. The third-order valence-electron chi connectivity index (χ3n) is 3.87. The molecule has 3 rings (SSSR count). The van der Waals surface area contributed by atoms with Crippen molar-refractivity contribution >= 4 is 38.8 Å². The van der Waals surface area contributed by atoms with Crippen LogP contribution in [-0.2, 0) is 0 Å². The summed E-state index contributed by atoms with van der Waals surface area (Å²) >= 11 is 3.36. The van der Waals surface area contributed by atoms with Gasteiger partial charge in [0, 0.05) is 9.86 Å². The monoisotopic (exact) mass is 428 g/mol. The van der Waals surface area contributed by atoms with E-state index in [0.717, 1.165) is 10.0 Å². The van der Waals surface area contributed by atoms with Gasteiger partial charge in [0.05, 0.1) is 13.7 Å². The third kappa shape index (κ3) is 4.28. The molecule has 3 aromatic rings. The largest absolute Gasteiger partial charge is 0.493 e. The first kappa shape index (κ1) is 18.9. The molecule has 0 spiro atoms. The Morgan fingerprint density at radius 1 is 1.15 bits per heavy atom. The molecule has 1 heterocycles. The fourth-order valence-corrected chi connectivity index (χ4v) is 2.97. The van der Waals surface area contributed by atoms with E-state index in [4.69, 9.17) is 13.9 Å². The number of halogens is 1. The van der Waals surface area contributed by atoms with E-state index in [1.54, 1.807) is 49.6 Å². The number of ketones is 1. The molecule has 0 bridgehead atoms. The van der Waals surface area contributed by atoms with Crippen LogP contribution in [0.15, 0.2) is 62.2 Å². The van der Waals surface area contributed by atoms with Crippen molar-refractivity contribution in [1.82, 2.24) is 0 Å². The SMILES string of the molecule is CCOc1ccc(C=CC(=O)c2cc3cc(Br)ccc3oc2=O)cc1OC. The highest BCUT2D eigenvalue weighted by atomic mass is 79.9. The zero-order valence-corrected chi connectivity index (χ0v) is 16.4. The molecule has 0 fully saturated rings. The average Bonchev–Trinajstić information content (AvgIpc) is 2.66. The van der Waals surface area contributed by atoms with Gasteiger partial charge in [0.25, 0.3) is 0 Å². The lowest BCUT2D eigenvalue weighted by Crippen LogP contribution is -2.11. The molecule has 2 aromatic carbocycles. The first-order chi connectivity index (χ1) is 13.0. The number of ether oxygens (including phenoxy) is 2. The van der Waals surface area contributed by atoms with Crippen LogP contribution < -0.4 is 15.1 Å². The number of carbonyl (C=O) groups is 1. The maximum Gasteiger partial charge on any atom is 0.347 e. The molecule has 0 N–H and O–H groups in total. The molecule has 0 saturated heterocycles. The number of fused-ring (bicyclic) bond motifs is 1. The van der Waals surface area contributed by atoms with Crippen LogP contribution >= 0.6 is 15.9 Å². The van der Waals surface area contributed by atoms with Crippen molar-refractivity contribution in [2.75, 3.05) is 13.7 Å². The first-order valence-electron chi connectivity index (χ1n) is 8.28. The van der Waals surface area contributed by atoms with Gasteiger partial charge in [0.1, 0.15) is 11.1 Å². The molecule has 0 amide bonds. The zero-order valence-electron chi connectivity index (χ0n) is 14.8. The fourth-order valence-electron chi connectivity index (χ4n) is 2.59. The predicted molar refractivity (Wildman–Crippen MR) is 108 cm³/mol. The summed E-state index contributed by atoms with van der Waals surface area (Å²) in [5.74, 6) is 0.768. The van der Waals surface area contributed by atoms with Crippen molar-refractivity contribution in [3.63, 3.8) is 0 Å². The number of hydrogen-bond donors (Lipinski definition) is 0. The fraction of sp³-hybridized carbons (Fsp3) is 0.143. The van der Waals surface area contributed by atoms with Gasteiger partial charge in [0.2, 0.25) is 0 Å². The third-order valence-corrected chi connectivity index (χ3v) is 4.37. The van der Waals surface area contributed by atoms with Gasteiger partial charge in [-0.1, -0.05) is 28.1 Å². The summed E-state index contributed by atoms with van der Waals surface area (Å²) in [5.41, 5.74) is 0.495. The van der Waals surface area contributed by atoms with Gasteiger partial charge in [-0.2, -0.15) is 0 Å². The second kappa shape index (κ2) is 8.22. The van der Waals surface area contributed by atoms with Gasteiger partial charge in [-0.25, -0.2) is 4.79 Å². The van der Waals surface area contributed by atoms with Crippen LogP contribution in [0.2, 0.25) is 0 Å². The second-order valence-electron chi connectivity index (χ2n) is 5.67. The van der Waals surface area contributed by atoms with Crippen LogP contribution in [-0.4, -0.2) is 19.5 Å². The van der Waals surface area contributed by atoms with Gasteiger partial charge in [-0.05, 0) is 55.0 Å². The normalized spacial score (nSPS) is 11.1. The summed E-state index contributed by atoms with van der Waals surface area (Å²) in [5, 5.41) is 0.670. The van der Waals surface area contributed by atoms with E-state index in [0.29, 0.717) is 29.1 Å². The van der Waals surface area contributed by atoms with E-state index in [-0.39, 0.29) is 5.56 Å². The Morgan fingerprint density at radius 3 is 2.70 bits per heavy atom. The summed E-state index contributed by atoms with van der Waals surface area (Å²) in [7, 11) is 1.55. The molecule has 0 aliphatic heterocycles. The molecule has 138 valence electrons. The van der Waals surface area contributed by atoms with Crippen LogP contribution in [0, 0.1) is 0 Å². The van der Waals surface area contributed by atoms with Gasteiger partial charge >= 0.3 is 5.63 Å². The van der Waals surface area contributed by atoms with Crippen LogP contribution in [0.5, 0.6) is 11.5 Å². The maximum atomic E-state index is 12.5. The topological polar surface area (TPSA) is 65.7 Å². The molecule has 27 heavy (non-hydrogen) atoms. The predicted octanol–water partition coefficient (Wildman–Crippen LogP) is 4.86. The summed E-state index contributed by atoms with van der Waals surface area (Å²) < 4.78 is 16.8. The first-order valence-corrected chi connectivity index (χ1v) is 9.07. The van der Waals surface area contributed by atoms with E-state index in [2.05, 4.69) is 15.9 Å². The molecule has 0 unspecified atom stereocenters. The zero-order chi connectivity index (χ0) is 19.4. The van der Waals surface area contributed by atoms with Crippen molar-refractivity contribution in [2.24, 2.45) is 0 Å². The molecule has 0 atom stereocenters. The Balaban J connectivity index is 1.90.